The summed E-state index contributed by atoms with van der Waals surface area (Å²) in [5, 5.41) is 5.34. The van der Waals surface area contributed by atoms with E-state index in [4.69, 9.17) is 11.6 Å². The van der Waals surface area contributed by atoms with Gasteiger partial charge in [0.05, 0.1) is 17.8 Å². The molecule has 1 aliphatic rings. The summed E-state index contributed by atoms with van der Waals surface area (Å²) in [5.74, 6) is -0.153. The highest BCUT2D eigenvalue weighted by atomic mass is 35.5. The Hall–Kier alpha value is -2.70. The third-order valence-electron chi connectivity index (χ3n) is 6.10. The third-order valence-corrected chi connectivity index (χ3v) is 6.35. The fourth-order valence-corrected chi connectivity index (χ4v) is 4.38. The molecule has 5 nitrogen and oxygen atoms in total. The summed E-state index contributed by atoms with van der Waals surface area (Å²) < 4.78 is 15.1. The van der Waals surface area contributed by atoms with Gasteiger partial charge >= 0.3 is 0 Å². The van der Waals surface area contributed by atoms with Crippen molar-refractivity contribution in [2.24, 2.45) is 0 Å². The van der Waals surface area contributed by atoms with Crippen LogP contribution in [0.2, 0.25) is 5.02 Å². The van der Waals surface area contributed by atoms with E-state index < -0.39 is 0 Å². The van der Waals surface area contributed by atoms with E-state index >= 15 is 0 Å². The summed E-state index contributed by atoms with van der Waals surface area (Å²) in [4.78, 5) is 17.5. The number of hydrogen-bond donors (Lipinski definition) is 0. The molecule has 0 radical (unpaired) electrons. The van der Waals surface area contributed by atoms with E-state index in [-0.39, 0.29) is 11.7 Å². The molecule has 0 bridgehead atoms. The maximum atomic E-state index is 13.3. The minimum Gasteiger partial charge on any atom is -0.341 e. The lowest BCUT2D eigenvalue weighted by Crippen LogP contribution is -2.36. The Labute approximate surface area is 193 Å². The van der Waals surface area contributed by atoms with Gasteiger partial charge in [0, 0.05) is 49.0 Å². The highest BCUT2D eigenvalue weighted by molar-refractivity contribution is 6.30. The SMILES string of the molecule is Cc1nn(-c2ccc(F)cc2)c(C)c1CC(=O)N1CCCN(Cc2ccc(Cl)cc2)CC1. The van der Waals surface area contributed by atoms with Crippen molar-refractivity contribution in [2.45, 2.75) is 33.2 Å². The minimum absolute atomic E-state index is 0.128. The van der Waals surface area contributed by atoms with Crippen LogP contribution >= 0.6 is 11.6 Å². The lowest BCUT2D eigenvalue weighted by atomic mass is 10.1. The second kappa shape index (κ2) is 9.84. The first-order valence-corrected chi connectivity index (χ1v) is 11.3. The number of carbonyl (C=O) groups is 1. The summed E-state index contributed by atoms with van der Waals surface area (Å²) in [6.45, 7) is 8.04. The first kappa shape index (κ1) is 22.5. The van der Waals surface area contributed by atoms with Crippen LogP contribution in [0.5, 0.6) is 0 Å². The normalized spacial score (nSPS) is 15.1. The van der Waals surface area contributed by atoms with Gasteiger partial charge in [0.15, 0.2) is 0 Å². The number of amides is 1. The van der Waals surface area contributed by atoms with Crippen molar-refractivity contribution in [3.63, 3.8) is 0 Å². The van der Waals surface area contributed by atoms with Crippen LogP contribution < -0.4 is 0 Å². The van der Waals surface area contributed by atoms with E-state index in [2.05, 4.69) is 22.1 Å². The van der Waals surface area contributed by atoms with Crippen LogP contribution in [0.4, 0.5) is 4.39 Å². The summed E-state index contributed by atoms with van der Waals surface area (Å²) in [6.07, 6.45) is 1.28. The fraction of sp³-hybridized carbons (Fsp3) is 0.360. The van der Waals surface area contributed by atoms with Crippen molar-refractivity contribution in [2.75, 3.05) is 26.2 Å². The summed E-state index contributed by atoms with van der Waals surface area (Å²) in [6, 6.07) is 14.2. The van der Waals surface area contributed by atoms with E-state index in [0.717, 1.165) is 66.8 Å². The van der Waals surface area contributed by atoms with E-state index in [0.29, 0.717) is 6.42 Å². The number of nitrogens with zero attached hydrogens (tertiary/aromatic N) is 4. The van der Waals surface area contributed by atoms with E-state index in [1.165, 1.54) is 17.7 Å². The zero-order valence-corrected chi connectivity index (χ0v) is 19.3. The molecule has 7 heteroatoms. The molecule has 0 atom stereocenters. The van der Waals surface area contributed by atoms with Crippen LogP contribution in [-0.4, -0.2) is 51.7 Å². The van der Waals surface area contributed by atoms with Crippen molar-refractivity contribution in [3.8, 4) is 5.69 Å². The zero-order chi connectivity index (χ0) is 22.7. The molecule has 3 aromatic rings. The molecule has 0 spiro atoms. The summed E-state index contributed by atoms with van der Waals surface area (Å²) >= 11 is 5.99. The van der Waals surface area contributed by atoms with Gasteiger partial charge in [-0.1, -0.05) is 23.7 Å². The second-order valence-corrected chi connectivity index (χ2v) is 8.79. The standard InChI is InChI=1S/C25H28ClFN4O/c1-18-24(19(2)31(28-18)23-10-8-22(27)9-11-23)16-25(32)30-13-3-12-29(14-15-30)17-20-4-6-21(26)7-5-20/h4-11H,3,12-17H2,1-2H3. The third kappa shape index (κ3) is 5.19. The average molecular weight is 455 g/mol. The number of aryl methyl sites for hydroxylation is 1. The fourth-order valence-electron chi connectivity index (χ4n) is 4.25. The van der Waals surface area contributed by atoms with Gasteiger partial charge < -0.3 is 4.90 Å². The Bertz CT molecular complexity index is 1080. The summed E-state index contributed by atoms with van der Waals surface area (Å²) in [7, 11) is 0. The molecule has 1 fully saturated rings. The van der Waals surface area contributed by atoms with Crippen LogP contribution in [0.25, 0.3) is 5.69 Å². The molecule has 1 aromatic heterocycles. The van der Waals surface area contributed by atoms with Gasteiger partial charge in [-0.25, -0.2) is 9.07 Å². The Kier molecular flexibility index (Phi) is 6.92. The minimum atomic E-state index is -0.281. The maximum absolute atomic E-state index is 13.3. The molecule has 4 rings (SSSR count). The van der Waals surface area contributed by atoms with Gasteiger partial charge in [0.25, 0.3) is 0 Å². The molecule has 1 aliphatic heterocycles. The largest absolute Gasteiger partial charge is 0.341 e. The number of rotatable bonds is 5. The number of carbonyl (C=O) groups excluding carboxylic acids is 1. The average Bonchev–Trinajstić information content (AvgIpc) is 2.94. The molecule has 0 N–H and O–H groups in total. The smallest absolute Gasteiger partial charge is 0.227 e. The van der Waals surface area contributed by atoms with Crippen LogP contribution in [0.3, 0.4) is 0 Å². The van der Waals surface area contributed by atoms with Crippen molar-refractivity contribution >= 4 is 17.5 Å². The first-order chi connectivity index (χ1) is 15.4. The molecule has 0 aliphatic carbocycles. The number of halogens is 2. The van der Waals surface area contributed by atoms with Gasteiger partial charge in [0.1, 0.15) is 5.82 Å². The Morgan fingerprint density at radius 2 is 1.72 bits per heavy atom. The van der Waals surface area contributed by atoms with Crippen LogP contribution in [-0.2, 0) is 17.8 Å². The Morgan fingerprint density at radius 3 is 2.44 bits per heavy atom. The van der Waals surface area contributed by atoms with Gasteiger partial charge in [-0.15, -0.1) is 0 Å². The molecule has 0 saturated carbocycles. The predicted molar refractivity (Wildman–Crippen MR) is 125 cm³/mol. The van der Waals surface area contributed by atoms with Crippen molar-refractivity contribution in [3.05, 3.63) is 81.9 Å². The monoisotopic (exact) mass is 454 g/mol. The number of hydrogen-bond acceptors (Lipinski definition) is 3. The number of benzene rings is 2. The van der Waals surface area contributed by atoms with Crippen LogP contribution in [0, 0.1) is 19.7 Å². The van der Waals surface area contributed by atoms with Gasteiger partial charge in [-0.3, -0.25) is 9.69 Å². The zero-order valence-electron chi connectivity index (χ0n) is 18.5. The molecule has 168 valence electrons. The highest BCUT2D eigenvalue weighted by Gasteiger charge is 2.22. The molecular weight excluding hydrogens is 427 g/mol. The first-order valence-electron chi connectivity index (χ1n) is 11.0. The van der Waals surface area contributed by atoms with Crippen molar-refractivity contribution in [1.29, 1.82) is 0 Å². The Morgan fingerprint density at radius 1 is 1.00 bits per heavy atom. The molecule has 2 heterocycles. The molecule has 32 heavy (non-hydrogen) atoms. The van der Waals surface area contributed by atoms with E-state index in [9.17, 15) is 9.18 Å². The quantitative estimate of drug-likeness (QED) is 0.567. The lowest BCUT2D eigenvalue weighted by molar-refractivity contribution is -0.130. The second-order valence-electron chi connectivity index (χ2n) is 8.35. The highest BCUT2D eigenvalue weighted by Crippen LogP contribution is 2.20. The predicted octanol–water partition coefficient (Wildman–Crippen LogP) is 4.56. The van der Waals surface area contributed by atoms with Crippen LogP contribution in [0.1, 0.15) is 28.9 Å². The van der Waals surface area contributed by atoms with Crippen molar-refractivity contribution < 1.29 is 9.18 Å². The van der Waals surface area contributed by atoms with Gasteiger partial charge in [-0.05, 0) is 62.2 Å². The van der Waals surface area contributed by atoms with Crippen LogP contribution in [0.15, 0.2) is 48.5 Å². The topological polar surface area (TPSA) is 41.4 Å². The summed E-state index contributed by atoms with van der Waals surface area (Å²) in [5.41, 5.74) is 4.72. The van der Waals surface area contributed by atoms with Gasteiger partial charge in [0.2, 0.25) is 5.91 Å². The lowest BCUT2D eigenvalue weighted by Gasteiger charge is -2.22. The van der Waals surface area contributed by atoms with E-state index in [1.807, 2.05) is 30.9 Å². The maximum Gasteiger partial charge on any atom is 0.227 e. The Balaban J connectivity index is 1.40. The van der Waals surface area contributed by atoms with Gasteiger partial charge in [-0.2, -0.15) is 5.10 Å². The molecule has 1 saturated heterocycles. The molecule has 0 unspecified atom stereocenters. The molecule has 1 amide bonds. The number of aromatic nitrogens is 2. The molecular formula is C25H28ClFN4O. The van der Waals surface area contributed by atoms with Crippen molar-refractivity contribution in [1.82, 2.24) is 19.6 Å². The molecule has 2 aromatic carbocycles. The van der Waals surface area contributed by atoms with E-state index in [1.54, 1.807) is 16.8 Å².